The third-order valence-electron chi connectivity index (χ3n) is 2.64. The third-order valence-corrected chi connectivity index (χ3v) is 2.92. The Hall–Kier alpha value is -2.01. The van der Waals surface area contributed by atoms with Crippen LogP contribution in [0.5, 0.6) is 0 Å². The number of hydrogen-bond acceptors (Lipinski definition) is 3. The van der Waals surface area contributed by atoms with Crippen LogP contribution in [0.15, 0.2) is 18.2 Å². The highest BCUT2D eigenvalue weighted by molar-refractivity contribution is 6.32. The van der Waals surface area contributed by atoms with Crippen LogP contribution in [-0.4, -0.2) is 20.2 Å². The highest BCUT2D eigenvalue weighted by Crippen LogP contribution is 2.29. The van der Waals surface area contributed by atoms with Gasteiger partial charge in [0.2, 0.25) is 0 Å². The molecule has 0 bridgehead atoms. The molecule has 3 rings (SSSR count). The number of halogens is 1. The molecule has 2 heterocycles. The van der Waals surface area contributed by atoms with Gasteiger partial charge in [-0.3, -0.25) is 5.10 Å². The third kappa shape index (κ3) is 1.55. The Kier molecular flexibility index (Phi) is 2.09. The van der Waals surface area contributed by atoms with E-state index in [0.717, 1.165) is 28.0 Å². The van der Waals surface area contributed by atoms with Crippen molar-refractivity contribution in [1.82, 2.24) is 20.2 Å². The van der Waals surface area contributed by atoms with Gasteiger partial charge in [0.15, 0.2) is 5.82 Å². The normalized spacial score (nSPS) is 11.2. The lowest BCUT2D eigenvalue weighted by molar-refractivity contribution is 1.13. The summed E-state index contributed by atoms with van der Waals surface area (Å²) in [5.41, 5.74) is 8.24. The number of aryl methyl sites for hydroxylation is 1. The van der Waals surface area contributed by atoms with Gasteiger partial charge in [-0.1, -0.05) is 17.7 Å². The smallest absolute Gasteiger partial charge is 0.153 e. The van der Waals surface area contributed by atoms with Crippen LogP contribution in [0.1, 0.15) is 5.82 Å². The summed E-state index contributed by atoms with van der Waals surface area (Å²) in [5.74, 6) is 1.28. The number of fused-ring (bicyclic) bond motifs is 1. The molecule has 0 spiro atoms. The number of aromatic amines is 2. The zero-order valence-electron chi connectivity index (χ0n) is 9.08. The van der Waals surface area contributed by atoms with E-state index in [9.17, 15) is 0 Å². The number of nitrogens with one attached hydrogen (secondary N) is 2. The summed E-state index contributed by atoms with van der Waals surface area (Å²) in [6.45, 7) is 1.86. The first kappa shape index (κ1) is 10.2. The second-order valence-corrected chi connectivity index (χ2v) is 4.23. The fourth-order valence-electron chi connectivity index (χ4n) is 1.84. The van der Waals surface area contributed by atoms with Gasteiger partial charge in [-0.25, -0.2) is 4.98 Å². The summed E-state index contributed by atoms with van der Waals surface area (Å²) in [6, 6.07) is 5.76. The van der Waals surface area contributed by atoms with Crippen molar-refractivity contribution in [3.8, 4) is 11.3 Å². The lowest BCUT2D eigenvalue weighted by atomic mass is 10.1. The number of nitrogen functional groups attached to an aromatic ring is 1. The predicted molar refractivity (Wildman–Crippen MR) is 67.8 cm³/mol. The second-order valence-electron chi connectivity index (χ2n) is 3.85. The molecule has 0 aliphatic rings. The molecule has 6 heteroatoms. The summed E-state index contributed by atoms with van der Waals surface area (Å²) < 4.78 is 0. The standard InChI is InChI=1S/C11H10ClN5/c1-5-14-9(10(12)15-5)6-2-3-7-8(4-6)16-17-11(7)13/h2-4H,1H3,(H,14,15)(H3,13,16,17). The highest BCUT2D eigenvalue weighted by atomic mass is 35.5. The molecule has 0 radical (unpaired) electrons. The molecule has 0 amide bonds. The minimum absolute atomic E-state index is 0.496. The van der Waals surface area contributed by atoms with E-state index in [0.29, 0.717) is 11.0 Å². The molecule has 0 fully saturated rings. The van der Waals surface area contributed by atoms with Gasteiger partial charge < -0.3 is 10.7 Å². The zero-order valence-corrected chi connectivity index (χ0v) is 9.84. The molecule has 5 nitrogen and oxygen atoms in total. The summed E-state index contributed by atoms with van der Waals surface area (Å²) >= 11 is 6.07. The van der Waals surface area contributed by atoms with E-state index < -0.39 is 0 Å². The maximum absolute atomic E-state index is 6.07. The first-order valence-corrected chi connectivity index (χ1v) is 5.49. The van der Waals surface area contributed by atoms with Crippen molar-refractivity contribution in [2.45, 2.75) is 6.92 Å². The van der Waals surface area contributed by atoms with Gasteiger partial charge in [-0.2, -0.15) is 5.10 Å². The van der Waals surface area contributed by atoms with E-state index in [1.807, 2.05) is 25.1 Å². The Morgan fingerprint density at radius 2 is 2.18 bits per heavy atom. The van der Waals surface area contributed by atoms with Crippen LogP contribution in [0.25, 0.3) is 22.2 Å². The largest absolute Gasteiger partial charge is 0.382 e. The SMILES string of the molecule is Cc1nc(-c2ccc3c(N)n[nH]c3c2)c(Cl)[nH]1. The summed E-state index contributed by atoms with van der Waals surface area (Å²) in [5, 5.41) is 8.25. The van der Waals surface area contributed by atoms with E-state index in [2.05, 4.69) is 20.2 Å². The summed E-state index contributed by atoms with van der Waals surface area (Å²) in [4.78, 5) is 7.30. The number of nitrogens with zero attached hydrogens (tertiary/aromatic N) is 2. The maximum Gasteiger partial charge on any atom is 0.153 e. The molecule has 0 unspecified atom stereocenters. The molecule has 1 aromatic carbocycles. The minimum Gasteiger partial charge on any atom is -0.382 e. The average molecular weight is 248 g/mol. The first-order chi connectivity index (χ1) is 8.15. The molecule has 0 atom stereocenters. The van der Waals surface area contributed by atoms with Crippen LogP contribution in [0.3, 0.4) is 0 Å². The van der Waals surface area contributed by atoms with Gasteiger partial charge in [0, 0.05) is 10.9 Å². The van der Waals surface area contributed by atoms with Crippen LogP contribution in [0.2, 0.25) is 5.15 Å². The molecule has 0 aliphatic heterocycles. The fourth-order valence-corrected chi connectivity index (χ4v) is 2.13. The summed E-state index contributed by atoms with van der Waals surface area (Å²) in [6.07, 6.45) is 0. The number of H-pyrrole nitrogens is 2. The predicted octanol–water partition coefficient (Wildman–Crippen LogP) is 2.50. The van der Waals surface area contributed by atoms with E-state index in [4.69, 9.17) is 17.3 Å². The second kappa shape index (κ2) is 3.49. The van der Waals surface area contributed by atoms with Crippen molar-refractivity contribution in [2.75, 3.05) is 5.73 Å². The number of anilines is 1. The average Bonchev–Trinajstić information content (AvgIpc) is 2.82. The topological polar surface area (TPSA) is 83.4 Å². The fraction of sp³-hybridized carbons (Fsp3) is 0.0909. The van der Waals surface area contributed by atoms with E-state index >= 15 is 0 Å². The van der Waals surface area contributed by atoms with E-state index in [1.54, 1.807) is 0 Å². The number of nitrogens with two attached hydrogens (primary N) is 1. The highest BCUT2D eigenvalue weighted by Gasteiger charge is 2.10. The van der Waals surface area contributed by atoms with Crippen LogP contribution in [0, 0.1) is 6.92 Å². The van der Waals surface area contributed by atoms with Crippen molar-refractivity contribution < 1.29 is 0 Å². The Morgan fingerprint density at radius 1 is 1.35 bits per heavy atom. The van der Waals surface area contributed by atoms with Crippen molar-refractivity contribution in [1.29, 1.82) is 0 Å². The lowest BCUT2D eigenvalue weighted by Gasteiger charge is -1.98. The van der Waals surface area contributed by atoms with E-state index in [-0.39, 0.29) is 0 Å². The summed E-state index contributed by atoms with van der Waals surface area (Å²) in [7, 11) is 0. The molecule has 4 N–H and O–H groups in total. The number of hydrogen-bond donors (Lipinski definition) is 3. The lowest BCUT2D eigenvalue weighted by Crippen LogP contribution is -1.83. The first-order valence-electron chi connectivity index (χ1n) is 5.11. The minimum atomic E-state index is 0.496. The van der Waals surface area contributed by atoms with E-state index in [1.165, 1.54) is 0 Å². The van der Waals surface area contributed by atoms with Crippen molar-refractivity contribution in [3.63, 3.8) is 0 Å². The van der Waals surface area contributed by atoms with Gasteiger partial charge in [0.25, 0.3) is 0 Å². The number of aromatic nitrogens is 4. The Labute approximate surface area is 102 Å². The van der Waals surface area contributed by atoms with Gasteiger partial charge in [-0.15, -0.1) is 0 Å². The van der Waals surface area contributed by atoms with Gasteiger partial charge in [0.1, 0.15) is 16.7 Å². The Morgan fingerprint density at radius 3 is 2.88 bits per heavy atom. The quantitative estimate of drug-likeness (QED) is 0.618. The van der Waals surface area contributed by atoms with Crippen LogP contribution in [0.4, 0.5) is 5.82 Å². The molecule has 0 aliphatic carbocycles. The van der Waals surface area contributed by atoms with Gasteiger partial charge in [-0.05, 0) is 19.1 Å². The molecule has 86 valence electrons. The molecule has 3 aromatic rings. The van der Waals surface area contributed by atoms with Crippen molar-refractivity contribution in [2.24, 2.45) is 0 Å². The van der Waals surface area contributed by atoms with Crippen molar-refractivity contribution in [3.05, 3.63) is 29.2 Å². The van der Waals surface area contributed by atoms with Gasteiger partial charge >= 0.3 is 0 Å². The monoisotopic (exact) mass is 247 g/mol. The van der Waals surface area contributed by atoms with Crippen LogP contribution in [-0.2, 0) is 0 Å². The number of rotatable bonds is 1. The van der Waals surface area contributed by atoms with Crippen LogP contribution < -0.4 is 5.73 Å². The zero-order chi connectivity index (χ0) is 12.0. The van der Waals surface area contributed by atoms with Crippen LogP contribution >= 0.6 is 11.6 Å². The molecular formula is C11H10ClN5. The Balaban J connectivity index is 2.21. The Bertz CT molecular complexity index is 697. The molecule has 17 heavy (non-hydrogen) atoms. The van der Waals surface area contributed by atoms with Gasteiger partial charge in [0.05, 0.1) is 5.52 Å². The van der Waals surface area contributed by atoms with Crippen molar-refractivity contribution >= 4 is 28.3 Å². The molecule has 2 aromatic heterocycles. The molecular weight excluding hydrogens is 238 g/mol. The molecule has 0 saturated carbocycles. The number of imidazole rings is 1. The number of benzene rings is 1. The molecule has 0 saturated heterocycles. The maximum atomic E-state index is 6.07.